The van der Waals surface area contributed by atoms with Gasteiger partial charge in [-0.15, -0.1) is 0 Å². The normalized spacial score (nSPS) is 32.7. The van der Waals surface area contributed by atoms with Gasteiger partial charge in [-0.25, -0.2) is 4.79 Å². The third-order valence-corrected chi connectivity index (χ3v) is 12.6. The molecule has 3 nitrogen and oxygen atoms in total. The Hall–Kier alpha value is -0.493. The number of ether oxygens (including phenoxy) is 1. The van der Waals surface area contributed by atoms with Gasteiger partial charge in [-0.1, -0.05) is 41.0 Å². The van der Waals surface area contributed by atoms with Gasteiger partial charge >= 0.3 is 11.9 Å². The lowest BCUT2D eigenvalue weighted by Crippen LogP contribution is -2.50. The second-order valence-corrected chi connectivity index (χ2v) is 15.7. The van der Waals surface area contributed by atoms with E-state index in [9.17, 15) is 13.6 Å². The zero-order valence-corrected chi connectivity index (χ0v) is 20.0. The summed E-state index contributed by atoms with van der Waals surface area (Å²) < 4.78 is 39.5. The highest BCUT2D eigenvalue weighted by atomic mass is 28.4. The Balaban J connectivity index is 2.16. The molecule has 6 heteroatoms. The lowest BCUT2D eigenvalue weighted by Gasteiger charge is -2.50. The first kappa shape index (κ1) is 23.8. The van der Waals surface area contributed by atoms with Crippen molar-refractivity contribution >= 4 is 14.3 Å². The number of carbonyl (C=O) groups is 1. The highest BCUT2D eigenvalue weighted by molar-refractivity contribution is 6.74. The molecule has 0 radical (unpaired) electrons. The number of halogens is 2. The predicted molar refractivity (Wildman–Crippen MR) is 111 cm³/mol. The van der Waals surface area contributed by atoms with Gasteiger partial charge in [-0.3, -0.25) is 0 Å². The van der Waals surface area contributed by atoms with Gasteiger partial charge in [-0.05, 0) is 67.0 Å². The second-order valence-electron chi connectivity index (χ2n) is 11.0. The van der Waals surface area contributed by atoms with Crippen molar-refractivity contribution in [1.29, 1.82) is 0 Å². The summed E-state index contributed by atoms with van der Waals surface area (Å²) in [6.45, 7) is 15.5. The van der Waals surface area contributed by atoms with E-state index in [1.807, 2.05) is 6.92 Å². The predicted octanol–water partition coefficient (Wildman–Crippen LogP) is 6.43. The first-order valence-electron chi connectivity index (χ1n) is 10.8. The molecule has 2 saturated carbocycles. The molecule has 0 N–H and O–H groups in total. The molecule has 0 aliphatic heterocycles. The van der Waals surface area contributed by atoms with Crippen LogP contribution in [0.15, 0.2) is 0 Å². The van der Waals surface area contributed by atoms with Crippen molar-refractivity contribution in [3.8, 4) is 0 Å². The maximum Gasteiger partial charge on any atom is 0.376 e. The molecule has 2 aliphatic carbocycles. The molecule has 0 amide bonds. The molecule has 2 aliphatic rings. The van der Waals surface area contributed by atoms with Gasteiger partial charge in [0.25, 0.3) is 0 Å². The lowest BCUT2D eigenvalue weighted by molar-refractivity contribution is -0.172. The average Bonchev–Trinajstić information content (AvgIpc) is 2.90. The van der Waals surface area contributed by atoms with Crippen molar-refractivity contribution in [2.45, 2.75) is 103 Å². The molecule has 0 aromatic carbocycles. The molecule has 0 heterocycles. The Labute approximate surface area is 171 Å². The maximum absolute atomic E-state index is 14.2. The van der Waals surface area contributed by atoms with Crippen LogP contribution in [0.2, 0.25) is 18.1 Å². The van der Waals surface area contributed by atoms with Crippen LogP contribution in [0.25, 0.3) is 0 Å². The summed E-state index contributed by atoms with van der Waals surface area (Å²) in [5, 5.41) is 0.161. The lowest BCUT2D eigenvalue weighted by atomic mass is 9.61. The SMILES string of the molecule is COC(=O)C(F)(F)C[C@@H](C)[C@H]1CC[C@H]2[C@@H](O[Si](C)(C)C(C)(C)C)CCC[C@]12C. The Morgan fingerprint density at radius 1 is 1.21 bits per heavy atom. The van der Waals surface area contributed by atoms with E-state index in [1.165, 1.54) is 0 Å². The number of fused-ring (bicyclic) bond motifs is 1. The monoisotopic (exact) mass is 418 g/mol. The van der Waals surface area contributed by atoms with Gasteiger partial charge in [-0.2, -0.15) is 8.78 Å². The average molecular weight is 419 g/mol. The Bertz CT molecular complexity index is 573. The highest BCUT2D eigenvalue weighted by Gasteiger charge is 2.56. The molecule has 2 rings (SSSR count). The van der Waals surface area contributed by atoms with Gasteiger partial charge in [0.1, 0.15) is 0 Å². The van der Waals surface area contributed by atoms with Gasteiger partial charge < -0.3 is 9.16 Å². The summed E-state index contributed by atoms with van der Waals surface area (Å²) in [5.41, 5.74) is 0.0108. The molecule has 0 saturated heterocycles. The third-order valence-electron chi connectivity index (χ3n) is 8.14. The quantitative estimate of drug-likeness (QED) is 0.368. The number of carbonyl (C=O) groups excluding carboxylic acids is 1. The second kappa shape index (κ2) is 7.97. The molecule has 2 fully saturated rings. The molecule has 5 atom stereocenters. The first-order valence-corrected chi connectivity index (χ1v) is 13.7. The van der Waals surface area contributed by atoms with Crippen molar-refractivity contribution in [1.82, 2.24) is 0 Å². The minimum Gasteiger partial charge on any atom is -0.465 e. The van der Waals surface area contributed by atoms with Crippen molar-refractivity contribution in [2.24, 2.45) is 23.2 Å². The minimum atomic E-state index is -3.41. The minimum absolute atomic E-state index is 0.0108. The smallest absolute Gasteiger partial charge is 0.376 e. The largest absolute Gasteiger partial charge is 0.465 e. The summed E-state index contributed by atoms with van der Waals surface area (Å²) >= 11 is 0. The molecule has 0 aromatic heterocycles. The van der Waals surface area contributed by atoms with Crippen LogP contribution in [0.5, 0.6) is 0 Å². The maximum atomic E-state index is 14.2. The van der Waals surface area contributed by atoms with Crippen molar-refractivity contribution in [3.63, 3.8) is 0 Å². The summed E-state index contributed by atoms with van der Waals surface area (Å²) in [7, 11) is -0.848. The number of hydrogen-bond donors (Lipinski definition) is 0. The third kappa shape index (κ3) is 4.48. The standard InChI is InChI=1S/C22H40F2O3Si/c1-15(14-22(23,24)19(25)26-6)16-11-12-17-18(10-9-13-21(16,17)5)27-28(7,8)20(2,3)4/h15-18H,9-14H2,1-8H3/t15-,16-,17+,18+,21-/m1/s1. The number of esters is 1. The highest BCUT2D eigenvalue weighted by Crippen LogP contribution is 2.60. The van der Waals surface area contributed by atoms with Gasteiger partial charge in [0.2, 0.25) is 0 Å². The van der Waals surface area contributed by atoms with E-state index >= 15 is 0 Å². The summed E-state index contributed by atoms with van der Waals surface area (Å²) in [6, 6.07) is 0. The Morgan fingerprint density at radius 2 is 1.82 bits per heavy atom. The van der Waals surface area contributed by atoms with Crippen LogP contribution in [0.1, 0.15) is 73.1 Å². The van der Waals surface area contributed by atoms with E-state index in [0.717, 1.165) is 39.2 Å². The van der Waals surface area contributed by atoms with Crippen LogP contribution >= 0.6 is 0 Å². The Kier molecular flexibility index (Phi) is 6.77. The zero-order valence-electron chi connectivity index (χ0n) is 19.0. The van der Waals surface area contributed by atoms with Crippen molar-refractivity contribution in [2.75, 3.05) is 7.11 Å². The molecule has 0 spiro atoms. The molecular weight excluding hydrogens is 378 g/mol. The van der Waals surface area contributed by atoms with Crippen LogP contribution in [0, 0.1) is 23.2 Å². The fourth-order valence-corrected chi connectivity index (χ4v) is 6.96. The van der Waals surface area contributed by atoms with E-state index in [0.29, 0.717) is 5.92 Å². The molecule has 28 heavy (non-hydrogen) atoms. The van der Waals surface area contributed by atoms with Crippen LogP contribution in [0.3, 0.4) is 0 Å². The number of hydrogen-bond acceptors (Lipinski definition) is 3. The van der Waals surface area contributed by atoms with E-state index in [4.69, 9.17) is 4.43 Å². The summed E-state index contributed by atoms with van der Waals surface area (Å²) in [5.74, 6) is -4.43. The zero-order chi connectivity index (χ0) is 21.5. The molecule has 0 unspecified atom stereocenters. The molecule has 164 valence electrons. The molecular formula is C22H40F2O3Si. The fraction of sp³-hybridized carbons (Fsp3) is 0.955. The summed E-state index contributed by atoms with van der Waals surface area (Å²) in [6.07, 6.45) is 5.01. The van der Waals surface area contributed by atoms with Crippen LogP contribution in [-0.4, -0.2) is 33.4 Å². The topological polar surface area (TPSA) is 35.5 Å². The van der Waals surface area contributed by atoms with E-state index in [-0.39, 0.29) is 28.4 Å². The Morgan fingerprint density at radius 3 is 2.36 bits per heavy atom. The van der Waals surface area contributed by atoms with E-state index in [1.54, 1.807) is 0 Å². The van der Waals surface area contributed by atoms with Crippen LogP contribution in [0.4, 0.5) is 8.78 Å². The fourth-order valence-electron chi connectivity index (χ4n) is 5.57. The van der Waals surface area contributed by atoms with Crippen LogP contribution in [-0.2, 0) is 14.0 Å². The first-order chi connectivity index (χ1) is 12.7. The molecule has 0 bridgehead atoms. The number of rotatable bonds is 6. The number of alkyl halides is 2. The number of methoxy groups -OCH3 is 1. The van der Waals surface area contributed by atoms with Crippen LogP contribution < -0.4 is 0 Å². The van der Waals surface area contributed by atoms with Crippen molar-refractivity contribution in [3.05, 3.63) is 0 Å². The molecule has 0 aromatic rings. The van der Waals surface area contributed by atoms with E-state index in [2.05, 4.69) is 45.5 Å². The van der Waals surface area contributed by atoms with Gasteiger partial charge in [0, 0.05) is 12.5 Å². The summed E-state index contributed by atoms with van der Waals surface area (Å²) in [4.78, 5) is 11.5. The van der Waals surface area contributed by atoms with Gasteiger partial charge in [0.15, 0.2) is 8.32 Å². The van der Waals surface area contributed by atoms with E-state index < -0.39 is 26.6 Å². The van der Waals surface area contributed by atoms with Crippen molar-refractivity contribution < 1.29 is 22.7 Å². The van der Waals surface area contributed by atoms with Gasteiger partial charge in [0.05, 0.1) is 7.11 Å².